The largest absolute Gasteiger partial charge is 0.348 e. The van der Waals surface area contributed by atoms with Crippen molar-refractivity contribution in [3.05, 3.63) is 88.7 Å². The molecule has 1 aliphatic rings. The molecule has 178 valence electrons. The van der Waals surface area contributed by atoms with Crippen LogP contribution in [0.4, 0.5) is 10.5 Å². The molecule has 0 saturated heterocycles. The number of carbonyl (C=O) groups excluding carboxylic acids is 2. The summed E-state index contributed by atoms with van der Waals surface area (Å²) in [6, 6.07) is 18.0. The van der Waals surface area contributed by atoms with E-state index < -0.39 is 0 Å². The summed E-state index contributed by atoms with van der Waals surface area (Å²) in [6.45, 7) is 10.0. The van der Waals surface area contributed by atoms with Crippen molar-refractivity contribution in [1.29, 1.82) is 0 Å². The predicted octanol–water partition coefficient (Wildman–Crippen LogP) is 5.29. The summed E-state index contributed by atoms with van der Waals surface area (Å²) >= 11 is 0. The minimum atomic E-state index is -0.241. The highest BCUT2D eigenvalue weighted by molar-refractivity contribution is 5.93. The number of aromatic nitrogens is 1. The first kappa shape index (κ1) is 23.6. The Morgan fingerprint density at radius 2 is 1.74 bits per heavy atom. The summed E-state index contributed by atoms with van der Waals surface area (Å²) in [5, 5.41) is 3.00. The van der Waals surface area contributed by atoms with Gasteiger partial charge in [-0.1, -0.05) is 54.4 Å². The Kier molecular flexibility index (Phi) is 7.06. The van der Waals surface area contributed by atoms with Crippen LogP contribution in [0, 0.1) is 20.8 Å². The number of hydrogen-bond acceptors (Lipinski definition) is 2. The lowest BCUT2D eigenvalue weighted by Crippen LogP contribution is -2.48. The van der Waals surface area contributed by atoms with Crippen LogP contribution in [0.5, 0.6) is 0 Å². The Balaban J connectivity index is 1.55. The molecule has 1 atom stereocenters. The normalized spacial score (nSPS) is 15.1. The number of urea groups is 1. The fourth-order valence-electron chi connectivity index (χ4n) is 4.68. The van der Waals surface area contributed by atoms with Crippen molar-refractivity contribution in [1.82, 2.24) is 14.4 Å². The van der Waals surface area contributed by atoms with Gasteiger partial charge in [-0.05, 0) is 56.5 Å². The molecule has 6 heteroatoms. The number of fused-ring (bicyclic) bond motifs is 1. The van der Waals surface area contributed by atoms with Crippen LogP contribution in [0.25, 0.3) is 0 Å². The third-order valence-corrected chi connectivity index (χ3v) is 6.48. The lowest BCUT2D eigenvalue weighted by atomic mass is 9.98. The number of carbonyl (C=O) groups is 2. The molecule has 4 rings (SSSR count). The number of nitrogens with zero attached hydrogens (tertiary/aromatic N) is 3. The van der Waals surface area contributed by atoms with Gasteiger partial charge in [-0.15, -0.1) is 0 Å². The standard InChI is InChI=1S/C28H34N4O2/c1-5-14-31(28(34)29-24-13-10-21(3)18-22(24)4)19-26(33)32-17-16-30-15-6-7-25(30)27(32)23-11-8-20(2)9-12-23/h6-13,15,18,27H,5,14,16-17,19H2,1-4H3,(H,29,34). The number of rotatable bonds is 6. The number of anilines is 1. The van der Waals surface area contributed by atoms with Gasteiger partial charge < -0.3 is 19.7 Å². The highest BCUT2D eigenvalue weighted by atomic mass is 16.2. The fraction of sp³-hybridized carbons (Fsp3) is 0.357. The molecule has 0 aliphatic carbocycles. The van der Waals surface area contributed by atoms with Crippen LogP contribution in [0.1, 0.15) is 47.3 Å². The van der Waals surface area contributed by atoms with Crippen LogP contribution in [-0.4, -0.2) is 45.9 Å². The maximum atomic E-state index is 13.6. The maximum absolute atomic E-state index is 13.6. The first-order valence-electron chi connectivity index (χ1n) is 12.0. The van der Waals surface area contributed by atoms with Crippen LogP contribution in [0.3, 0.4) is 0 Å². The summed E-state index contributed by atoms with van der Waals surface area (Å²) < 4.78 is 2.21. The highest BCUT2D eigenvalue weighted by Gasteiger charge is 2.33. The Morgan fingerprint density at radius 1 is 1.00 bits per heavy atom. The van der Waals surface area contributed by atoms with E-state index in [-0.39, 0.29) is 24.5 Å². The molecule has 0 radical (unpaired) electrons. The van der Waals surface area contributed by atoms with E-state index in [0.29, 0.717) is 13.1 Å². The average molecular weight is 459 g/mol. The van der Waals surface area contributed by atoms with Gasteiger partial charge >= 0.3 is 6.03 Å². The summed E-state index contributed by atoms with van der Waals surface area (Å²) in [6.07, 6.45) is 2.84. The second kappa shape index (κ2) is 10.2. The topological polar surface area (TPSA) is 57.6 Å². The minimum absolute atomic E-state index is 0.0396. The molecular formula is C28H34N4O2. The van der Waals surface area contributed by atoms with Gasteiger partial charge in [0.1, 0.15) is 6.54 Å². The summed E-state index contributed by atoms with van der Waals surface area (Å²) in [5.41, 5.74) is 6.30. The van der Waals surface area contributed by atoms with Gasteiger partial charge in [0.05, 0.1) is 6.04 Å². The average Bonchev–Trinajstić information content (AvgIpc) is 3.29. The van der Waals surface area contributed by atoms with Crippen molar-refractivity contribution in [2.75, 3.05) is 25.0 Å². The van der Waals surface area contributed by atoms with Crippen molar-refractivity contribution >= 4 is 17.6 Å². The highest BCUT2D eigenvalue weighted by Crippen LogP contribution is 2.32. The van der Waals surface area contributed by atoms with Gasteiger partial charge in [-0.2, -0.15) is 0 Å². The number of nitrogens with one attached hydrogen (secondary N) is 1. The monoisotopic (exact) mass is 458 g/mol. The van der Waals surface area contributed by atoms with Gasteiger partial charge in [0.15, 0.2) is 0 Å². The molecule has 0 fully saturated rings. The zero-order chi connectivity index (χ0) is 24.2. The van der Waals surface area contributed by atoms with E-state index in [1.807, 2.05) is 49.9 Å². The number of hydrogen-bond donors (Lipinski definition) is 1. The zero-order valence-corrected chi connectivity index (χ0v) is 20.5. The van der Waals surface area contributed by atoms with Crippen LogP contribution in [0.2, 0.25) is 0 Å². The lowest BCUT2D eigenvalue weighted by molar-refractivity contribution is -0.134. The Hall–Kier alpha value is -3.54. The summed E-state index contributed by atoms with van der Waals surface area (Å²) in [7, 11) is 0. The molecule has 3 aromatic rings. The Morgan fingerprint density at radius 3 is 2.44 bits per heavy atom. The van der Waals surface area contributed by atoms with E-state index in [1.165, 1.54) is 5.56 Å². The quantitative estimate of drug-likeness (QED) is 0.546. The molecule has 0 spiro atoms. The van der Waals surface area contributed by atoms with E-state index in [2.05, 4.69) is 53.3 Å². The Bertz CT molecular complexity index is 1170. The van der Waals surface area contributed by atoms with Crippen molar-refractivity contribution in [3.8, 4) is 0 Å². The third-order valence-electron chi connectivity index (χ3n) is 6.48. The smallest absolute Gasteiger partial charge is 0.322 e. The Labute approximate surface area is 202 Å². The summed E-state index contributed by atoms with van der Waals surface area (Å²) in [5.74, 6) is -0.0396. The van der Waals surface area contributed by atoms with Gasteiger partial charge in [-0.25, -0.2) is 4.79 Å². The zero-order valence-electron chi connectivity index (χ0n) is 20.5. The maximum Gasteiger partial charge on any atom is 0.322 e. The second-order valence-corrected chi connectivity index (χ2v) is 9.20. The van der Waals surface area contributed by atoms with Crippen LogP contribution >= 0.6 is 0 Å². The molecule has 1 aromatic heterocycles. The molecule has 0 bridgehead atoms. The molecule has 0 saturated carbocycles. The van der Waals surface area contributed by atoms with Crippen molar-refractivity contribution < 1.29 is 9.59 Å². The van der Waals surface area contributed by atoms with Crippen LogP contribution < -0.4 is 5.32 Å². The van der Waals surface area contributed by atoms with Gasteiger partial charge in [-0.3, -0.25) is 4.79 Å². The van der Waals surface area contributed by atoms with Crippen molar-refractivity contribution in [2.45, 2.75) is 46.7 Å². The molecule has 1 aliphatic heterocycles. The first-order valence-corrected chi connectivity index (χ1v) is 12.0. The molecule has 1 N–H and O–H groups in total. The van der Waals surface area contributed by atoms with E-state index in [1.54, 1.807) is 4.90 Å². The summed E-state index contributed by atoms with van der Waals surface area (Å²) in [4.78, 5) is 30.3. The molecule has 2 aromatic carbocycles. The van der Waals surface area contributed by atoms with Gasteiger partial charge in [0.25, 0.3) is 0 Å². The van der Waals surface area contributed by atoms with E-state index in [0.717, 1.165) is 41.0 Å². The molecule has 3 amide bonds. The SMILES string of the molecule is CCCN(CC(=O)N1CCn2cccc2C1c1ccc(C)cc1)C(=O)Nc1ccc(C)cc1C. The fourth-order valence-corrected chi connectivity index (χ4v) is 4.68. The third kappa shape index (κ3) is 5.01. The minimum Gasteiger partial charge on any atom is -0.348 e. The first-order chi connectivity index (χ1) is 16.4. The molecule has 1 unspecified atom stereocenters. The molecule has 2 heterocycles. The number of amides is 3. The number of benzene rings is 2. The van der Waals surface area contributed by atoms with Crippen molar-refractivity contribution in [3.63, 3.8) is 0 Å². The van der Waals surface area contributed by atoms with E-state index >= 15 is 0 Å². The molecular weight excluding hydrogens is 424 g/mol. The molecule has 6 nitrogen and oxygen atoms in total. The number of aryl methyl sites for hydroxylation is 3. The second-order valence-electron chi connectivity index (χ2n) is 9.20. The molecule has 34 heavy (non-hydrogen) atoms. The lowest BCUT2D eigenvalue weighted by Gasteiger charge is -2.38. The van der Waals surface area contributed by atoms with E-state index in [4.69, 9.17) is 0 Å². The van der Waals surface area contributed by atoms with Crippen molar-refractivity contribution in [2.24, 2.45) is 0 Å². The van der Waals surface area contributed by atoms with E-state index in [9.17, 15) is 9.59 Å². The van der Waals surface area contributed by atoms with Crippen LogP contribution in [-0.2, 0) is 11.3 Å². The van der Waals surface area contributed by atoms with Crippen LogP contribution in [0.15, 0.2) is 60.8 Å². The van der Waals surface area contributed by atoms with Gasteiger partial charge in [0.2, 0.25) is 5.91 Å². The predicted molar refractivity (Wildman–Crippen MR) is 136 cm³/mol. The van der Waals surface area contributed by atoms with Gasteiger partial charge in [0, 0.05) is 37.2 Å².